The van der Waals surface area contributed by atoms with Gasteiger partial charge in [-0.05, 0) is 29.8 Å². The molecule has 0 aliphatic rings. The molecule has 0 aliphatic heterocycles. The van der Waals surface area contributed by atoms with Crippen molar-refractivity contribution in [2.75, 3.05) is 18.5 Å². The highest BCUT2D eigenvalue weighted by Crippen LogP contribution is 2.28. The molecule has 0 amide bonds. The van der Waals surface area contributed by atoms with E-state index < -0.39 is 0 Å². The number of oxazole rings is 1. The van der Waals surface area contributed by atoms with Crippen LogP contribution in [0.5, 0.6) is 5.75 Å². The third-order valence-electron chi connectivity index (χ3n) is 3.40. The first-order valence-corrected chi connectivity index (χ1v) is 7.43. The third kappa shape index (κ3) is 3.69. The van der Waals surface area contributed by atoms with Crippen molar-refractivity contribution < 1.29 is 13.5 Å². The van der Waals surface area contributed by atoms with Crippen LogP contribution < -0.4 is 15.8 Å². The number of benzene rings is 1. The minimum Gasteiger partial charge on any atom is -0.487 e. The Morgan fingerprint density at radius 1 is 1.29 bits per heavy atom. The predicted octanol–water partition coefficient (Wildman–Crippen LogP) is 3.03. The summed E-state index contributed by atoms with van der Waals surface area (Å²) in [5, 5.41) is 3.11. The number of nitrogens with two attached hydrogens (primary N) is 1. The summed E-state index contributed by atoms with van der Waals surface area (Å²) in [6.07, 6.45) is 3.91. The summed E-state index contributed by atoms with van der Waals surface area (Å²) < 4.78 is 23.8. The molecule has 0 aliphatic carbocycles. The molecular formula is C17H17FN4O2. The van der Waals surface area contributed by atoms with Gasteiger partial charge in [0.1, 0.15) is 12.4 Å². The number of para-hydroxylation sites is 1. The zero-order chi connectivity index (χ0) is 16.8. The minimum absolute atomic E-state index is 0.0682. The van der Waals surface area contributed by atoms with Gasteiger partial charge in [0.25, 0.3) is 6.01 Å². The number of hydrogen-bond acceptors (Lipinski definition) is 6. The van der Waals surface area contributed by atoms with Crippen molar-refractivity contribution in [2.24, 2.45) is 5.73 Å². The summed E-state index contributed by atoms with van der Waals surface area (Å²) >= 11 is 0. The molecule has 7 heteroatoms. The summed E-state index contributed by atoms with van der Waals surface area (Å²) in [7, 11) is 0. The van der Waals surface area contributed by atoms with Crippen LogP contribution in [0.1, 0.15) is 5.56 Å². The number of ether oxygens (including phenoxy) is 1. The first-order chi connectivity index (χ1) is 11.8. The molecule has 3 aromatic rings. The Hall–Kier alpha value is -2.93. The normalized spacial score (nSPS) is 11.7. The van der Waals surface area contributed by atoms with Gasteiger partial charge >= 0.3 is 0 Å². The Morgan fingerprint density at radius 2 is 2.12 bits per heavy atom. The highest BCUT2D eigenvalue weighted by molar-refractivity contribution is 5.81. The van der Waals surface area contributed by atoms with Gasteiger partial charge in [-0.3, -0.25) is 4.98 Å². The van der Waals surface area contributed by atoms with Crippen LogP contribution in [-0.2, 0) is 6.54 Å². The highest BCUT2D eigenvalue weighted by Gasteiger charge is 2.11. The van der Waals surface area contributed by atoms with E-state index in [2.05, 4.69) is 15.3 Å². The molecule has 0 saturated carbocycles. The molecule has 0 unspecified atom stereocenters. The molecule has 1 aromatic carbocycles. The largest absolute Gasteiger partial charge is 0.487 e. The number of fused-ring (bicyclic) bond motifs is 1. The van der Waals surface area contributed by atoms with Gasteiger partial charge in [0, 0.05) is 31.1 Å². The van der Waals surface area contributed by atoms with E-state index in [1.54, 1.807) is 30.6 Å². The van der Waals surface area contributed by atoms with Gasteiger partial charge in [-0.15, -0.1) is 0 Å². The summed E-state index contributed by atoms with van der Waals surface area (Å²) in [5.74, 6) is 0.515. The van der Waals surface area contributed by atoms with Crippen molar-refractivity contribution >= 4 is 17.1 Å². The lowest BCUT2D eigenvalue weighted by Gasteiger charge is -2.06. The first kappa shape index (κ1) is 15.9. The van der Waals surface area contributed by atoms with Crippen LogP contribution in [0.25, 0.3) is 11.1 Å². The summed E-state index contributed by atoms with van der Waals surface area (Å²) in [6, 6.07) is 9.53. The van der Waals surface area contributed by atoms with E-state index in [1.807, 2.05) is 12.1 Å². The minimum atomic E-state index is 0.0682. The van der Waals surface area contributed by atoms with Crippen LogP contribution in [0, 0.1) is 0 Å². The van der Waals surface area contributed by atoms with Gasteiger partial charge in [-0.25, -0.2) is 4.39 Å². The fourth-order valence-corrected chi connectivity index (χ4v) is 2.10. The van der Waals surface area contributed by atoms with Crippen molar-refractivity contribution in [3.05, 3.63) is 60.2 Å². The van der Waals surface area contributed by atoms with Gasteiger partial charge < -0.3 is 20.2 Å². The lowest BCUT2D eigenvalue weighted by molar-refractivity contribution is 0.351. The summed E-state index contributed by atoms with van der Waals surface area (Å²) in [5.41, 5.74) is 8.01. The SMILES string of the molecule is NCC(=CF)COc1cccc2oc(NCc3ccncc3)nc12. The highest BCUT2D eigenvalue weighted by atomic mass is 19.1. The molecule has 0 radical (unpaired) electrons. The fraction of sp³-hybridized carbons (Fsp3) is 0.176. The van der Waals surface area contributed by atoms with Crippen LogP contribution in [0.2, 0.25) is 0 Å². The Balaban J connectivity index is 1.74. The average molecular weight is 328 g/mol. The van der Waals surface area contributed by atoms with Crippen LogP contribution in [0.15, 0.2) is 59.0 Å². The molecule has 2 aromatic heterocycles. The number of nitrogens with one attached hydrogen (secondary N) is 1. The lowest BCUT2D eigenvalue weighted by atomic mass is 10.3. The molecule has 0 fully saturated rings. The summed E-state index contributed by atoms with van der Waals surface area (Å²) in [6.45, 7) is 0.732. The van der Waals surface area contributed by atoms with Gasteiger partial charge in [-0.2, -0.15) is 4.98 Å². The summed E-state index contributed by atoms with van der Waals surface area (Å²) in [4.78, 5) is 8.37. The number of anilines is 1. The quantitative estimate of drug-likeness (QED) is 0.693. The number of halogens is 1. The van der Waals surface area contributed by atoms with Crippen LogP contribution in [0.3, 0.4) is 0 Å². The smallest absolute Gasteiger partial charge is 0.296 e. The van der Waals surface area contributed by atoms with Crippen molar-refractivity contribution in [3.8, 4) is 5.75 Å². The second kappa shape index (κ2) is 7.56. The van der Waals surface area contributed by atoms with E-state index in [9.17, 15) is 4.39 Å². The zero-order valence-electron chi connectivity index (χ0n) is 12.9. The van der Waals surface area contributed by atoms with E-state index in [0.717, 1.165) is 5.56 Å². The van der Waals surface area contributed by atoms with Crippen molar-refractivity contribution in [3.63, 3.8) is 0 Å². The Kier molecular flexibility index (Phi) is 5.02. The van der Waals surface area contributed by atoms with Crippen LogP contribution >= 0.6 is 0 Å². The molecule has 0 bridgehead atoms. The molecule has 3 rings (SSSR count). The fourth-order valence-electron chi connectivity index (χ4n) is 2.10. The van der Waals surface area contributed by atoms with E-state index in [4.69, 9.17) is 14.9 Å². The Morgan fingerprint density at radius 3 is 2.88 bits per heavy atom. The molecule has 0 saturated heterocycles. The van der Waals surface area contributed by atoms with Gasteiger partial charge in [0.2, 0.25) is 0 Å². The molecule has 2 heterocycles. The molecule has 0 atom stereocenters. The Labute approximate surface area is 138 Å². The maximum absolute atomic E-state index is 12.6. The predicted molar refractivity (Wildman–Crippen MR) is 89.3 cm³/mol. The maximum atomic E-state index is 12.6. The van der Waals surface area contributed by atoms with Crippen molar-refractivity contribution in [1.82, 2.24) is 9.97 Å². The third-order valence-corrected chi connectivity index (χ3v) is 3.40. The topological polar surface area (TPSA) is 86.2 Å². The number of nitrogens with zero attached hydrogens (tertiary/aromatic N) is 2. The zero-order valence-corrected chi connectivity index (χ0v) is 12.9. The second-order valence-corrected chi connectivity index (χ2v) is 5.09. The number of aromatic nitrogens is 2. The molecular weight excluding hydrogens is 311 g/mol. The van der Waals surface area contributed by atoms with Crippen molar-refractivity contribution in [1.29, 1.82) is 0 Å². The van der Waals surface area contributed by atoms with E-state index in [-0.39, 0.29) is 13.2 Å². The van der Waals surface area contributed by atoms with Gasteiger partial charge in [0.05, 0.1) is 6.33 Å². The van der Waals surface area contributed by atoms with Gasteiger partial charge in [0.15, 0.2) is 11.1 Å². The van der Waals surface area contributed by atoms with Crippen LogP contribution in [-0.4, -0.2) is 23.1 Å². The Bertz CT molecular complexity index is 833. The number of rotatable bonds is 7. The van der Waals surface area contributed by atoms with Crippen LogP contribution in [0.4, 0.5) is 10.4 Å². The number of hydrogen-bond donors (Lipinski definition) is 2. The molecule has 124 valence electrons. The van der Waals surface area contributed by atoms with E-state index in [1.165, 1.54) is 0 Å². The molecule has 0 spiro atoms. The lowest BCUT2D eigenvalue weighted by Crippen LogP contribution is -2.10. The standard InChI is InChI=1S/C17H17FN4O2/c18-8-13(9-19)11-23-14-2-1-3-15-16(14)22-17(24-15)21-10-12-4-6-20-7-5-12/h1-8H,9-11,19H2,(H,21,22). The number of pyridine rings is 1. The maximum Gasteiger partial charge on any atom is 0.296 e. The van der Waals surface area contributed by atoms with E-state index >= 15 is 0 Å². The molecule has 6 nitrogen and oxygen atoms in total. The average Bonchev–Trinajstić information content (AvgIpc) is 3.05. The monoisotopic (exact) mass is 328 g/mol. The molecule has 3 N–H and O–H groups in total. The van der Waals surface area contributed by atoms with Crippen molar-refractivity contribution in [2.45, 2.75) is 6.54 Å². The second-order valence-electron chi connectivity index (χ2n) is 5.09. The molecule has 24 heavy (non-hydrogen) atoms. The van der Waals surface area contributed by atoms with Gasteiger partial charge in [-0.1, -0.05) is 6.07 Å². The van der Waals surface area contributed by atoms with E-state index in [0.29, 0.717) is 41.3 Å². The first-order valence-electron chi connectivity index (χ1n) is 7.43.